The van der Waals surface area contributed by atoms with Crippen LogP contribution in [0.5, 0.6) is 5.75 Å². The molecule has 1 N–H and O–H groups in total. The summed E-state index contributed by atoms with van der Waals surface area (Å²) in [5, 5.41) is 3.35. The van der Waals surface area contributed by atoms with E-state index in [0.29, 0.717) is 12.6 Å². The number of rotatable bonds is 4. The topological polar surface area (TPSA) is 39.1 Å². The van der Waals surface area contributed by atoms with Crippen LogP contribution in [0.2, 0.25) is 0 Å². The van der Waals surface area contributed by atoms with Crippen molar-refractivity contribution in [2.45, 2.75) is 25.5 Å². The molecule has 1 atom stereocenters. The van der Waals surface area contributed by atoms with E-state index in [1.54, 1.807) is 6.20 Å². The van der Waals surface area contributed by atoms with Gasteiger partial charge in [-0.1, -0.05) is 12.1 Å². The summed E-state index contributed by atoms with van der Waals surface area (Å²) in [6, 6.07) is 6.78. The Hall–Kier alpha value is -1.81. The Kier molecular flexibility index (Phi) is 3.25. The lowest BCUT2D eigenvalue weighted by Gasteiger charge is -2.13. The Morgan fingerprint density at radius 2 is 2.37 bits per heavy atom. The quantitative estimate of drug-likeness (QED) is 0.912. The molecule has 2 aromatic rings. The molecule has 4 heteroatoms. The first-order valence-electron chi connectivity index (χ1n) is 6.67. The van der Waals surface area contributed by atoms with E-state index in [9.17, 15) is 0 Å². The number of ether oxygens (including phenoxy) is 1. The number of fused-ring (bicyclic) bond motifs is 1. The van der Waals surface area contributed by atoms with Gasteiger partial charge in [0.25, 0.3) is 0 Å². The minimum atomic E-state index is 0.465. The second kappa shape index (κ2) is 5.05. The van der Waals surface area contributed by atoms with Crippen molar-refractivity contribution in [2.24, 2.45) is 7.05 Å². The van der Waals surface area contributed by atoms with Crippen molar-refractivity contribution in [1.82, 2.24) is 14.9 Å². The molecule has 3 rings (SSSR count). The highest BCUT2D eigenvalue weighted by atomic mass is 16.5. The van der Waals surface area contributed by atoms with Crippen molar-refractivity contribution in [3.8, 4) is 5.75 Å². The maximum Gasteiger partial charge on any atom is 0.146 e. The lowest BCUT2D eigenvalue weighted by atomic mass is 10.1. The minimum absolute atomic E-state index is 0.465. The van der Waals surface area contributed by atoms with E-state index in [0.717, 1.165) is 24.4 Å². The highest BCUT2D eigenvalue weighted by molar-refractivity contribution is 5.45. The molecule has 0 saturated heterocycles. The van der Waals surface area contributed by atoms with Gasteiger partial charge in [0.15, 0.2) is 0 Å². The normalized spacial score (nSPS) is 17.5. The third-order valence-corrected chi connectivity index (χ3v) is 3.85. The van der Waals surface area contributed by atoms with Gasteiger partial charge in [0.2, 0.25) is 0 Å². The molecule has 0 saturated carbocycles. The van der Waals surface area contributed by atoms with Gasteiger partial charge in [-0.15, -0.1) is 0 Å². The number of nitrogens with one attached hydrogen (secondary N) is 1. The molecule has 19 heavy (non-hydrogen) atoms. The van der Waals surface area contributed by atoms with E-state index in [4.69, 9.17) is 4.74 Å². The largest absolute Gasteiger partial charge is 0.485 e. The molecule has 1 aliphatic rings. The Morgan fingerprint density at radius 1 is 1.47 bits per heavy atom. The molecule has 0 amide bonds. The van der Waals surface area contributed by atoms with Gasteiger partial charge in [0.05, 0.1) is 0 Å². The number of nitrogens with zero attached hydrogens (tertiary/aromatic N) is 2. The Labute approximate surface area is 113 Å². The van der Waals surface area contributed by atoms with Crippen LogP contribution in [0.1, 0.15) is 29.4 Å². The zero-order valence-corrected chi connectivity index (χ0v) is 11.4. The first-order chi connectivity index (χ1) is 9.29. The van der Waals surface area contributed by atoms with Gasteiger partial charge >= 0.3 is 0 Å². The maximum absolute atomic E-state index is 5.96. The zero-order chi connectivity index (χ0) is 13.2. The highest BCUT2D eigenvalue weighted by Crippen LogP contribution is 2.36. The third kappa shape index (κ3) is 2.24. The highest BCUT2D eigenvalue weighted by Gasteiger charge is 2.23. The molecule has 4 nitrogen and oxygen atoms in total. The molecular weight excluding hydrogens is 238 g/mol. The number of aromatic nitrogens is 2. The molecule has 0 fully saturated rings. The number of benzene rings is 1. The molecule has 1 aromatic carbocycles. The SMILES string of the molecule is CNC1CCc2c(OCc3nccn3C)cccc21. The summed E-state index contributed by atoms with van der Waals surface area (Å²) in [6.45, 7) is 0.518. The van der Waals surface area contributed by atoms with Gasteiger partial charge in [0, 0.05) is 25.5 Å². The van der Waals surface area contributed by atoms with Crippen LogP contribution in [0.25, 0.3) is 0 Å². The summed E-state index contributed by atoms with van der Waals surface area (Å²) >= 11 is 0. The van der Waals surface area contributed by atoms with Crippen LogP contribution in [0.4, 0.5) is 0 Å². The Bertz CT molecular complexity index is 577. The molecule has 1 heterocycles. The van der Waals surface area contributed by atoms with E-state index >= 15 is 0 Å². The number of aryl methyl sites for hydroxylation is 1. The second-order valence-electron chi connectivity index (χ2n) is 4.95. The fraction of sp³-hybridized carbons (Fsp3) is 0.400. The van der Waals surface area contributed by atoms with Crippen LogP contribution in [0, 0.1) is 0 Å². The molecule has 1 aliphatic carbocycles. The molecule has 1 unspecified atom stereocenters. The van der Waals surface area contributed by atoms with Crippen LogP contribution in [0.3, 0.4) is 0 Å². The van der Waals surface area contributed by atoms with E-state index in [1.807, 2.05) is 24.9 Å². The van der Waals surface area contributed by atoms with E-state index in [-0.39, 0.29) is 0 Å². The zero-order valence-electron chi connectivity index (χ0n) is 11.4. The molecule has 1 aromatic heterocycles. The van der Waals surface area contributed by atoms with Crippen molar-refractivity contribution in [2.75, 3.05) is 7.05 Å². The van der Waals surface area contributed by atoms with Crippen LogP contribution in [-0.2, 0) is 20.1 Å². The smallest absolute Gasteiger partial charge is 0.146 e. The summed E-state index contributed by atoms with van der Waals surface area (Å²) in [5.41, 5.74) is 2.72. The summed E-state index contributed by atoms with van der Waals surface area (Å²) in [7, 11) is 4.00. The molecule has 0 radical (unpaired) electrons. The average molecular weight is 257 g/mol. The summed E-state index contributed by atoms with van der Waals surface area (Å²) in [5.74, 6) is 1.94. The predicted octanol–water partition coefficient (Wildman–Crippen LogP) is 2.21. The summed E-state index contributed by atoms with van der Waals surface area (Å²) in [4.78, 5) is 4.28. The van der Waals surface area contributed by atoms with Gasteiger partial charge in [0.1, 0.15) is 18.2 Å². The first kappa shape index (κ1) is 12.2. The van der Waals surface area contributed by atoms with Crippen molar-refractivity contribution in [3.05, 3.63) is 47.5 Å². The number of imidazole rings is 1. The van der Waals surface area contributed by atoms with Gasteiger partial charge in [-0.05, 0) is 37.1 Å². The van der Waals surface area contributed by atoms with Gasteiger partial charge in [-0.2, -0.15) is 0 Å². The van der Waals surface area contributed by atoms with E-state index < -0.39 is 0 Å². The minimum Gasteiger partial charge on any atom is -0.485 e. The molecule has 0 aliphatic heterocycles. The fourth-order valence-electron chi connectivity index (χ4n) is 2.73. The van der Waals surface area contributed by atoms with Crippen molar-refractivity contribution < 1.29 is 4.74 Å². The maximum atomic E-state index is 5.96. The summed E-state index contributed by atoms with van der Waals surface area (Å²) in [6.07, 6.45) is 5.96. The lowest BCUT2D eigenvalue weighted by molar-refractivity contribution is 0.289. The number of hydrogen-bond donors (Lipinski definition) is 1. The molecule has 100 valence electrons. The molecule has 0 bridgehead atoms. The number of hydrogen-bond acceptors (Lipinski definition) is 3. The van der Waals surface area contributed by atoms with Crippen molar-refractivity contribution in [3.63, 3.8) is 0 Å². The first-order valence-corrected chi connectivity index (χ1v) is 6.67. The van der Waals surface area contributed by atoms with E-state index in [2.05, 4.69) is 28.5 Å². The van der Waals surface area contributed by atoms with Crippen molar-refractivity contribution >= 4 is 0 Å². The van der Waals surface area contributed by atoms with Crippen LogP contribution >= 0.6 is 0 Å². The molecule has 0 spiro atoms. The summed E-state index contributed by atoms with van der Waals surface area (Å²) < 4.78 is 7.94. The standard InChI is InChI=1S/C15H19N3O/c1-16-13-7-6-12-11(13)4-3-5-14(12)19-10-15-17-8-9-18(15)2/h3-5,8-9,13,16H,6-7,10H2,1-2H3. The van der Waals surface area contributed by atoms with Crippen LogP contribution in [-0.4, -0.2) is 16.6 Å². The van der Waals surface area contributed by atoms with E-state index in [1.165, 1.54) is 11.1 Å². The van der Waals surface area contributed by atoms with Crippen LogP contribution in [0.15, 0.2) is 30.6 Å². The monoisotopic (exact) mass is 257 g/mol. The average Bonchev–Trinajstić information content (AvgIpc) is 3.02. The molecular formula is C15H19N3O. The second-order valence-corrected chi connectivity index (χ2v) is 4.95. The fourth-order valence-corrected chi connectivity index (χ4v) is 2.73. The van der Waals surface area contributed by atoms with Gasteiger partial charge in [-0.3, -0.25) is 0 Å². The van der Waals surface area contributed by atoms with Gasteiger partial charge in [-0.25, -0.2) is 4.98 Å². The Balaban J connectivity index is 1.79. The van der Waals surface area contributed by atoms with Crippen molar-refractivity contribution in [1.29, 1.82) is 0 Å². The van der Waals surface area contributed by atoms with Gasteiger partial charge < -0.3 is 14.6 Å². The third-order valence-electron chi connectivity index (χ3n) is 3.85. The Morgan fingerprint density at radius 3 is 3.11 bits per heavy atom. The van der Waals surface area contributed by atoms with Crippen LogP contribution < -0.4 is 10.1 Å². The lowest BCUT2D eigenvalue weighted by Crippen LogP contribution is -2.12. The predicted molar refractivity (Wildman–Crippen MR) is 74.1 cm³/mol.